The Labute approximate surface area is 137 Å². The second kappa shape index (κ2) is 12.3. The minimum Gasteiger partial charge on any atom is -0.491 e. The monoisotopic (exact) mass is 326 g/mol. The topological polar surface area (TPSA) is 55.4 Å². The molecule has 1 atom stereocenters. The van der Waals surface area contributed by atoms with E-state index in [1.807, 2.05) is 30.3 Å². The lowest BCUT2D eigenvalue weighted by Crippen LogP contribution is -2.29. The summed E-state index contributed by atoms with van der Waals surface area (Å²) in [6.45, 7) is 5.36. The van der Waals surface area contributed by atoms with Gasteiger partial charge in [-0.1, -0.05) is 18.2 Å². The van der Waals surface area contributed by atoms with Crippen LogP contribution in [0.2, 0.25) is 0 Å². The van der Waals surface area contributed by atoms with E-state index in [1.54, 1.807) is 0 Å². The lowest BCUT2D eigenvalue weighted by Gasteiger charge is -2.19. The van der Waals surface area contributed by atoms with Crippen molar-refractivity contribution in [3.63, 3.8) is 0 Å². The molecular formula is C17H26O6. The zero-order valence-electron chi connectivity index (χ0n) is 13.5. The summed E-state index contributed by atoms with van der Waals surface area (Å²) < 4.78 is 33.2. The molecule has 1 aliphatic heterocycles. The third kappa shape index (κ3) is 8.88. The highest BCUT2D eigenvalue weighted by atomic mass is 16.6. The van der Waals surface area contributed by atoms with E-state index in [9.17, 15) is 0 Å². The van der Waals surface area contributed by atoms with Crippen LogP contribution in [-0.4, -0.2) is 72.2 Å². The molecular weight excluding hydrogens is 300 g/mol. The third-order valence-corrected chi connectivity index (χ3v) is 3.17. The summed E-state index contributed by atoms with van der Waals surface area (Å²) in [6, 6.07) is 9.69. The Hall–Kier alpha value is -1.18. The van der Waals surface area contributed by atoms with E-state index in [1.165, 1.54) is 0 Å². The Morgan fingerprint density at radius 2 is 1.52 bits per heavy atom. The Kier molecular flexibility index (Phi) is 9.69. The SMILES string of the molecule is c1ccc(OCCOCC2COCCOCCOCCO2)cc1. The van der Waals surface area contributed by atoms with Gasteiger partial charge < -0.3 is 28.4 Å². The summed E-state index contributed by atoms with van der Waals surface area (Å²) in [4.78, 5) is 0. The Balaban J connectivity index is 1.57. The van der Waals surface area contributed by atoms with Crippen molar-refractivity contribution in [2.75, 3.05) is 66.1 Å². The molecule has 0 spiro atoms. The van der Waals surface area contributed by atoms with Crippen LogP contribution in [-0.2, 0) is 23.7 Å². The number of hydrogen-bond acceptors (Lipinski definition) is 6. The molecule has 1 fully saturated rings. The van der Waals surface area contributed by atoms with E-state index < -0.39 is 0 Å². The van der Waals surface area contributed by atoms with Crippen LogP contribution in [0.25, 0.3) is 0 Å². The molecule has 1 unspecified atom stereocenters. The summed E-state index contributed by atoms with van der Waals surface area (Å²) in [6.07, 6.45) is -0.102. The minimum atomic E-state index is -0.102. The summed E-state index contributed by atoms with van der Waals surface area (Å²) in [5, 5.41) is 0. The van der Waals surface area contributed by atoms with Gasteiger partial charge in [0.15, 0.2) is 0 Å². The number of para-hydroxylation sites is 1. The van der Waals surface area contributed by atoms with Crippen LogP contribution in [0.4, 0.5) is 0 Å². The fourth-order valence-corrected chi connectivity index (χ4v) is 2.02. The van der Waals surface area contributed by atoms with Crippen molar-refractivity contribution < 1.29 is 28.4 Å². The van der Waals surface area contributed by atoms with Gasteiger partial charge in [0.25, 0.3) is 0 Å². The molecule has 130 valence electrons. The predicted molar refractivity (Wildman–Crippen MR) is 85.0 cm³/mol. The van der Waals surface area contributed by atoms with Crippen LogP contribution >= 0.6 is 0 Å². The van der Waals surface area contributed by atoms with Crippen LogP contribution < -0.4 is 4.74 Å². The number of rotatable bonds is 6. The average molecular weight is 326 g/mol. The van der Waals surface area contributed by atoms with Gasteiger partial charge in [-0.2, -0.15) is 0 Å². The van der Waals surface area contributed by atoms with Crippen LogP contribution in [0.1, 0.15) is 0 Å². The van der Waals surface area contributed by atoms with E-state index >= 15 is 0 Å². The van der Waals surface area contributed by atoms with E-state index in [0.29, 0.717) is 66.1 Å². The predicted octanol–water partition coefficient (Wildman–Crippen LogP) is 1.53. The van der Waals surface area contributed by atoms with Gasteiger partial charge in [0, 0.05) is 0 Å². The molecule has 2 rings (SSSR count). The second-order valence-corrected chi connectivity index (χ2v) is 5.03. The first-order valence-electron chi connectivity index (χ1n) is 8.05. The molecule has 0 aromatic heterocycles. The molecule has 6 heteroatoms. The number of hydrogen-bond donors (Lipinski definition) is 0. The Bertz CT molecular complexity index is 374. The molecule has 23 heavy (non-hydrogen) atoms. The molecule has 1 aromatic rings. The van der Waals surface area contributed by atoms with Crippen LogP contribution in [0.3, 0.4) is 0 Å². The first kappa shape index (κ1) is 18.2. The van der Waals surface area contributed by atoms with Crippen molar-refractivity contribution in [1.29, 1.82) is 0 Å². The molecule has 0 N–H and O–H groups in total. The zero-order valence-corrected chi connectivity index (χ0v) is 13.5. The largest absolute Gasteiger partial charge is 0.491 e. The van der Waals surface area contributed by atoms with Gasteiger partial charge in [-0.15, -0.1) is 0 Å². The first-order chi connectivity index (χ1) is 11.4. The first-order valence-corrected chi connectivity index (χ1v) is 8.05. The maximum absolute atomic E-state index is 5.72. The normalized spacial score (nSPS) is 21.1. The summed E-state index contributed by atoms with van der Waals surface area (Å²) in [5.74, 6) is 0.846. The molecule has 0 amide bonds. The van der Waals surface area contributed by atoms with Gasteiger partial charge in [0.1, 0.15) is 18.5 Å². The van der Waals surface area contributed by atoms with Gasteiger partial charge in [-0.05, 0) is 12.1 Å². The quantitative estimate of drug-likeness (QED) is 0.739. The highest BCUT2D eigenvalue weighted by Gasteiger charge is 2.11. The van der Waals surface area contributed by atoms with Gasteiger partial charge in [-0.25, -0.2) is 0 Å². The second-order valence-electron chi connectivity index (χ2n) is 5.03. The molecule has 0 bridgehead atoms. The molecule has 1 heterocycles. The van der Waals surface area contributed by atoms with Crippen LogP contribution in [0.15, 0.2) is 30.3 Å². The molecule has 1 aliphatic rings. The molecule has 0 aliphatic carbocycles. The minimum absolute atomic E-state index is 0.102. The molecule has 1 aromatic carbocycles. The van der Waals surface area contributed by atoms with Crippen molar-refractivity contribution in [2.24, 2.45) is 0 Å². The summed E-state index contributed by atoms with van der Waals surface area (Å²) >= 11 is 0. The Morgan fingerprint density at radius 3 is 2.30 bits per heavy atom. The fourth-order valence-electron chi connectivity index (χ4n) is 2.02. The van der Waals surface area contributed by atoms with Gasteiger partial charge >= 0.3 is 0 Å². The van der Waals surface area contributed by atoms with E-state index in [4.69, 9.17) is 28.4 Å². The zero-order chi connectivity index (χ0) is 16.0. The standard InChI is InChI=1S/C17H26O6/c1-2-4-16(5-3-1)22-13-11-21-15-17-14-20-9-8-18-6-7-19-10-12-23-17/h1-5,17H,6-15H2. The highest BCUT2D eigenvalue weighted by Crippen LogP contribution is 2.07. The van der Waals surface area contributed by atoms with Crippen molar-refractivity contribution in [3.05, 3.63) is 30.3 Å². The highest BCUT2D eigenvalue weighted by molar-refractivity contribution is 5.20. The van der Waals surface area contributed by atoms with Gasteiger partial charge in [-0.3, -0.25) is 0 Å². The number of benzene rings is 1. The average Bonchev–Trinajstić information content (AvgIpc) is 2.57. The van der Waals surface area contributed by atoms with Crippen LogP contribution in [0, 0.1) is 0 Å². The smallest absolute Gasteiger partial charge is 0.119 e. The summed E-state index contributed by atoms with van der Waals surface area (Å²) in [7, 11) is 0. The fraction of sp³-hybridized carbons (Fsp3) is 0.647. The molecule has 1 saturated heterocycles. The van der Waals surface area contributed by atoms with Crippen molar-refractivity contribution in [3.8, 4) is 5.75 Å². The summed E-state index contributed by atoms with van der Waals surface area (Å²) in [5.41, 5.74) is 0. The van der Waals surface area contributed by atoms with E-state index in [2.05, 4.69) is 0 Å². The lowest BCUT2D eigenvalue weighted by molar-refractivity contribution is -0.0915. The van der Waals surface area contributed by atoms with Crippen molar-refractivity contribution in [2.45, 2.75) is 6.10 Å². The van der Waals surface area contributed by atoms with E-state index in [0.717, 1.165) is 5.75 Å². The van der Waals surface area contributed by atoms with Gasteiger partial charge in [0.2, 0.25) is 0 Å². The van der Waals surface area contributed by atoms with Crippen LogP contribution in [0.5, 0.6) is 5.75 Å². The van der Waals surface area contributed by atoms with Crippen molar-refractivity contribution in [1.82, 2.24) is 0 Å². The van der Waals surface area contributed by atoms with Crippen molar-refractivity contribution >= 4 is 0 Å². The molecule has 0 saturated carbocycles. The number of ether oxygens (including phenoxy) is 6. The molecule has 6 nitrogen and oxygen atoms in total. The van der Waals surface area contributed by atoms with Gasteiger partial charge in [0.05, 0.1) is 59.5 Å². The Morgan fingerprint density at radius 1 is 0.826 bits per heavy atom. The van der Waals surface area contributed by atoms with E-state index in [-0.39, 0.29) is 6.10 Å². The third-order valence-electron chi connectivity index (χ3n) is 3.17. The lowest BCUT2D eigenvalue weighted by atomic mass is 10.3. The maximum atomic E-state index is 5.72. The molecule has 0 radical (unpaired) electrons. The maximum Gasteiger partial charge on any atom is 0.119 e.